The zero-order valence-electron chi connectivity index (χ0n) is 12.9. The molecular weight excluding hydrogens is 313 g/mol. The van der Waals surface area contributed by atoms with Gasteiger partial charge in [0.15, 0.2) is 0 Å². The first-order chi connectivity index (χ1) is 11.2. The van der Waals surface area contributed by atoms with E-state index < -0.39 is 0 Å². The molecule has 0 bridgehead atoms. The minimum atomic E-state index is -0.223. The van der Waals surface area contributed by atoms with Crippen molar-refractivity contribution in [2.75, 3.05) is 26.2 Å². The molecule has 2 aromatic carbocycles. The highest BCUT2D eigenvalue weighted by atomic mass is 35.5. The number of hydrogen-bond donors (Lipinski definition) is 1. The van der Waals surface area contributed by atoms with E-state index in [1.165, 1.54) is 22.6 Å². The fourth-order valence-corrected chi connectivity index (χ4v) is 2.91. The first-order valence-corrected chi connectivity index (χ1v) is 8.20. The number of hydrogen-bond acceptors (Lipinski definition) is 2. The van der Waals surface area contributed by atoms with Crippen LogP contribution < -0.4 is 4.90 Å². The molecule has 1 aliphatic rings. The Bertz CT molecular complexity index is 664. The molecule has 1 N–H and O–H groups in total. The highest BCUT2D eigenvalue weighted by Crippen LogP contribution is 2.13. The van der Waals surface area contributed by atoms with Crippen LogP contribution in [0.15, 0.2) is 53.6 Å². The van der Waals surface area contributed by atoms with Gasteiger partial charge >= 0.3 is 0 Å². The van der Waals surface area contributed by atoms with Gasteiger partial charge < -0.3 is 4.90 Å². The third-order valence-corrected chi connectivity index (χ3v) is 4.45. The summed E-state index contributed by atoms with van der Waals surface area (Å²) in [6.07, 6.45) is 1.79. The number of nitrogens with one attached hydrogen (secondary N) is 1. The molecule has 3 rings (SSSR count). The zero-order valence-corrected chi connectivity index (χ0v) is 13.6. The molecule has 0 saturated carbocycles. The van der Waals surface area contributed by atoms with E-state index in [9.17, 15) is 4.39 Å². The predicted octanol–water partition coefficient (Wildman–Crippen LogP) is 2.21. The summed E-state index contributed by atoms with van der Waals surface area (Å²) in [5.74, 6) is -0.223. The lowest BCUT2D eigenvalue weighted by Gasteiger charge is -2.30. The van der Waals surface area contributed by atoms with E-state index in [0.29, 0.717) is 0 Å². The molecule has 0 aromatic heterocycles. The first kappa shape index (κ1) is 16.0. The maximum Gasteiger partial charge on any atom is 0.123 e. The molecular formula is C18H20ClFN3+. The van der Waals surface area contributed by atoms with Crippen LogP contribution in [0.1, 0.15) is 11.1 Å². The summed E-state index contributed by atoms with van der Waals surface area (Å²) >= 11 is 6.23. The van der Waals surface area contributed by atoms with Crippen molar-refractivity contribution >= 4 is 17.8 Å². The first-order valence-electron chi connectivity index (χ1n) is 7.82. The van der Waals surface area contributed by atoms with Crippen molar-refractivity contribution in [3.8, 4) is 0 Å². The van der Waals surface area contributed by atoms with Crippen LogP contribution in [-0.4, -0.2) is 37.4 Å². The molecule has 0 radical (unpaired) electrons. The molecule has 0 aliphatic carbocycles. The quantitative estimate of drug-likeness (QED) is 0.851. The number of halogens is 2. The van der Waals surface area contributed by atoms with Gasteiger partial charge in [0.1, 0.15) is 12.4 Å². The van der Waals surface area contributed by atoms with Gasteiger partial charge in [0.2, 0.25) is 0 Å². The van der Waals surface area contributed by atoms with Crippen molar-refractivity contribution in [3.63, 3.8) is 0 Å². The number of quaternary nitrogens is 1. The van der Waals surface area contributed by atoms with E-state index >= 15 is 0 Å². The summed E-state index contributed by atoms with van der Waals surface area (Å²) < 4.78 is 12.9. The number of hydrazone groups is 1. The number of nitrogens with zero attached hydrogens (tertiary/aromatic N) is 2. The van der Waals surface area contributed by atoms with Crippen molar-refractivity contribution in [1.29, 1.82) is 0 Å². The topological polar surface area (TPSA) is 20.0 Å². The normalized spacial score (nSPS) is 16.2. The lowest BCUT2D eigenvalue weighted by molar-refractivity contribution is -0.918. The summed E-state index contributed by atoms with van der Waals surface area (Å²) in [7, 11) is 0. The largest absolute Gasteiger partial charge is 0.328 e. The summed E-state index contributed by atoms with van der Waals surface area (Å²) in [6.45, 7) is 4.85. The zero-order chi connectivity index (χ0) is 16.1. The fraction of sp³-hybridized carbons (Fsp3) is 0.278. The van der Waals surface area contributed by atoms with Gasteiger partial charge in [-0.3, -0.25) is 5.01 Å². The van der Waals surface area contributed by atoms with Crippen LogP contribution in [-0.2, 0) is 6.54 Å². The van der Waals surface area contributed by atoms with Crippen LogP contribution in [0.2, 0.25) is 5.02 Å². The molecule has 1 heterocycles. The monoisotopic (exact) mass is 332 g/mol. The van der Waals surface area contributed by atoms with E-state index in [-0.39, 0.29) is 5.82 Å². The highest BCUT2D eigenvalue weighted by molar-refractivity contribution is 6.31. The van der Waals surface area contributed by atoms with Gasteiger partial charge in [0.05, 0.1) is 32.4 Å². The SMILES string of the molecule is Fc1ccc(/C=N\N2CC[NH+](Cc3ccccc3Cl)CC2)cc1. The van der Waals surface area contributed by atoms with Gasteiger partial charge in [0.25, 0.3) is 0 Å². The van der Waals surface area contributed by atoms with Gasteiger partial charge in [-0.15, -0.1) is 0 Å². The molecule has 1 aliphatic heterocycles. The van der Waals surface area contributed by atoms with E-state index in [1.807, 2.05) is 18.2 Å². The molecule has 1 fully saturated rings. The maximum absolute atomic E-state index is 12.9. The second kappa shape index (κ2) is 7.57. The van der Waals surface area contributed by atoms with E-state index in [2.05, 4.69) is 16.2 Å². The summed E-state index contributed by atoms with van der Waals surface area (Å²) in [6, 6.07) is 14.4. The van der Waals surface area contributed by atoms with Crippen molar-refractivity contribution in [2.24, 2.45) is 5.10 Å². The highest BCUT2D eigenvalue weighted by Gasteiger charge is 2.19. The predicted molar refractivity (Wildman–Crippen MR) is 91.4 cm³/mol. The van der Waals surface area contributed by atoms with Gasteiger partial charge in [-0.05, 0) is 23.8 Å². The third-order valence-electron chi connectivity index (χ3n) is 4.09. The number of piperazine rings is 1. The van der Waals surface area contributed by atoms with Crippen molar-refractivity contribution in [1.82, 2.24) is 5.01 Å². The Hall–Kier alpha value is -1.91. The minimum Gasteiger partial charge on any atom is -0.328 e. The Kier molecular flexibility index (Phi) is 5.26. The fourth-order valence-electron chi connectivity index (χ4n) is 2.71. The molecule has 0 atom stereocenters. The second-order valence-corrected chi connectivity index (χ2v) is 6.18. The van der Waals surface area contributed by atoms with E-state index in [0.717, 1.165) is 43.3 Å². The molecule has 0 amide bonds. The van der Waals surface area contributed by atoms with Crippen LogP contribution in [0.5, 0.6) is 0 Å². The Labute approximate surface area is 141 Å². The Balaban J connectivity index is 1.50. The second-order valence-electron chi connectivity index (χ2n) is 5.77. The van der Waals surface area contributed by atoms with Crippen LogP contribution in [0.25, 0.3) is 0 Å². The van der Waals surface area contributed by atoms with Crippen LogP contribution >= 0.6 is 11.6 Å². The van der Waals surface area contributed by atoms with Crippen molar-refractivity contribution in [3.05, 3.63) is 70.5 Å². The van der Waals surface area contributed by atoms with Gasteiger partial charge in [-0.25, -0.2) is 4.39 Å². The molecule has 0 unspecified atom stereocenters. The summed E-state index contributed by atoms with van der Waals surface area (Å²) in [5, 5.41) is 7.40. The van der Waals surface area contributed by atoms with E-state index in [4.69, 9.17) is 11.6 Å². The average Bonchev–Trinajstić information content (AvgIpc) is 2.58. The van der Waals surface area contributed by atoms with Crippen LogP contribution in [0, 0.1) is 5.82 Å². The summed E-state index contributed by atoms with van der Waals surface area (Å²) in [4.78, 5) is 1.52. The molecule has 23 heavy (non-hydrogen) atoms. The lowest BCUT2D eigenvalue weighted by Crippen LogP contribution is -3.13. The smallest absolute Gasteiger partial charge is 0.123 e. The van der Waals surface area contributed by atoms with E-state index in [1.54, 1.807) is 18.3 Å². The standard InChI is InChI=1S/C18H19ClFN3/c19-18-4-2-1-3-16(18)14-22-9-11-23(12-10-22)21-13-15-5-7-17(20)8-6-15/h1-8,13H,9-12,14H2/p+1/b21-13-. The Morgan fingerprint density at radius 2 is 1.78 bits per heavy atom. The average molecular weight is 333 g/mol. The van der Waals surface area contributed by atoms with Crippen molar-refractivity contribution in [2.45, 2.75) is 6.54 Å². The Morgan fingerprint density at radius 3 is 2.48 bits per heavy atom. The Morgan fingerprint density at radius 1 is 1.09 bits per heavy atom. The van der Waals surface area contributed by atoms with Gasteiger partial charge in [-0.1, -0.05) is 41.9 Å². The summed E-state index contributed by atoms with van der Waals surface area (Å²) in [5.41, 5.74) is 2.12. The molecule has 0 spiro atoms. The molecule has 3 nitrogen and oxygen atoms in total. The van der Waals surface area contributed by atoms with Crippen LogP contribution in [0.3, 0.4) is 0 Å². The number of benzene rings is 2. The lowest BCUT2D eigenvalue weighted by atomic mass is 10.2. The molecule has 120 valence electrons. The molecule has 1 saturated heterocycles. The molecule has 2 aromatic rings. The maximum atomic E-state index is 12.9. The molecule has 5 heteroatoms. The van der Waals surface area contributed by atoms with Crippen LogP contribution in [0.4, 0.5) is 4.39 Å². The number of rotatable bonds is 4. The minimum absolute atomic E-state index is 0.223. The van der Waals surface area contributed by atoms with Gasteiger partial charge in [-0.2, -0.15) is 5.10 Å². The third kappa shape index (κ3) is 4.53. The van der Waals surface area contributed by atoms with Gasteiger partial charge in [0, 0.05) is 10.6 Å². The van der Waals surface area contributed by atoms with Crippen molar-refractivity contribution < 1.29 is 9.29 Å².